The highest BCUT2D eigenvalue weighted by atomic mass is 19.1. The highest BCUT2D eigenvalue weighted by Gasteiger charge is 2.32. The molecule has 1 aromatic heterocycles. The molecule has 0 fully saturated rings. The molecule has 0 aliphatic rings. The van der Waals surface area contributed by atoms with Gasteiger partial charge in [-0.15, -0.1) is 0 Å². The fraction of sp³-hybridized carbons (Fsp3) is 0.250. The van der Waals surface area contributed by atoms with Crippen molar-refractivity contribution in [1.82, 2.24) is 9.97 Å². The lowest BCUT2D eigenvalue weighted by Crippen LogP contribution is -2.30. The van der Waals surface area contributed by atoms with E-state index in [2.05, 4.69) is 9.97 Å². The molecule has 0 spiro atoms. The molecule has 88 valence electrons. The van der Waals surface area contributed by atoms with Crippen LogP contribution in [0.3, 0.4) is 0 Å². The van der Waals surface area contributed by atoms with Crippen molar-refractivity contribution in [2.24, 2.45) is 0 Å². The highest BCUT2D eigenvalue weighted by Crippen LogP contribution is 2.27. The lowest BCUT2D eigenvalue weighted by molar-refractivity contribution is -0.142. The first kappa shape index (κ1) is 11.4. The second-order valence-corrected chi connectivity index (χ2v) is 4.31. The van der Waals surface area contributed by atoms with E-state index in [-0.39, 0.29) is 0 Å². The molecule has 0 saturated carbocycles. The number of nitrogens with zero attached hydrogens (tertiary/aromatic N) is 2. The zero-order valence-corrected chi connectivity index (χ0v) is 9.44. The third kappa shape index (κ3) is 1.84. The molecular weight excluding hydrogens is 223 g/mol. The first-order chi connectivity index (χ1) is 7.93. The molecule has 4 nitrogen and oxygen atoms in total. The quantitative estimate of drug-likeness (QED) is 0.864. The first-order valence-corrected chi connectivity index (χ1v) is 5.07. The summed E-state index contributed by atoms with van der Waals surface area (Å²) in [6.07, 6.45) is 1.25. The van der Waals surface area contributed by atoms with E-state index >= 15 is 0 Å². The van der Waals surface area contributed by atoms with E-state index < -0.39 is 17.2 Å². The van der Waals surface area contributed by atoms with Crippen molar-refractivity contribution in [3.63, 3.8) is 0 Å². The van der Waals surface area contributed by atoms with Crippen molar-refractivity contribution in [2.75, 3.05) is 0 Å². The summed E-state index contributed by atoms with van der Waals surface area (Å²) < 4.78 is 13.0. The van der Waals surface area contributed by atoms with Crippen LogP contribution in [-0.2, 0) is 10.2 Å². The summed E-state index contributed by atoms with van der Waals surface area (Å²) in [7, 11) is 0. The Balaban J connectivity index is 2.75. The summed E-state index contributed by atoms with van der Waals surface area (Å²) in [5.74, 6) is -1.39. The van der Waals surface area contributed by atoms with Gasteiger partial charge in [-0.25, -0.2) is 14.4 Å². The average molecular weight is 234 g/mol. The number of fused-ring (bicyclic) bond motifs is 1. The minimum absolute atomic E-state index is 0.384. The molecule has 2 aromatic rings. The maximum atomic E-state index is 13.0. The number of halogens is 1. The van der Waals surface area contributed by atoms with Gasteiger partial charge in [0.05, 0.1) is 11.2 Å². The lowest BCUT2D eigenvalue weighted by Gasteiger charge is -2.19. The number of benzene rings is 1. The Labute approximate surface area is 97.1 Å². The molecule has 0 unspecified atom stereocenters. The monoisotopic (exact) mass is 234 g/mol. The lowest BCUT2D eigenvalue weighted by atomic mass is 9.87. The Hall–Kier alpha value is -2.04. The third-order valence-corrected chi connectivity index (χ3v) is 2.73. The van der Waals surface area contributed by atoms with Crippen LogP contribution in [0.1, 0.15) is 19.5 Å². The number of hydrogen-bond acceptors (Lipinski definition) is 3. The Morgan fingerprint density at radius 1 is 1.35 bits per heavy atom. The first-order valence-electron chi connectivity index (χ1n) is 5.07. The number of carbonyl (C=O) groups is 1. The SMILES string of the molecule is CC(C)(C(=O)O)c1ncnc2cc(F)ccc12. The molecule has 1 N–H and O–H groups in total. The van der Waals surface area contributed by atoms with Crippen molar-refractivity contribution in [1.29, 1.82) is 0 Å². The van der Waals surface area contributed by atoms with Crippen LogP contribution in [0.25, 0.3) is 10.9 Å². The Morgan fingerprint density at radius 3 is 2.71 bits per heavy atom. The van der Waals surface area contributed by atoms with Gasteiger partial charge in [-0.1, -0.05) is 0 Å². The van der Waals surface area contributed by atoms with Crippen molar-refractivity contribution >= 4 is 16.9 Å². The van der Waals surface area contributed by atoms with E-state index in [1.807, 2.05) is 0 Å². The summed E-state index contributed by atoms with van der Waals surface area (Å²) >= 11 is 0. The maximum absolute atomic E-state index is 13.0. The van der Waals surface area contributed by atoms with Crippen LogP contribution < -0.4 is 0 Å². The zero-order chi connectivity index (χ0) is 12.6. The van der Waals surface area contributed by atoms with Crippen LogP contribution in [0.5, 0.6) is 0 Å². The molecule has 0 aliphatic heterocycles. The fourth-order valence-electron chi connectivity index (χ4n) is 1.63. The minimum Gasteiger partial charge on any atom is -0.481 e. The molecule has 0 bridgehead atoms. The van der Waals surface area contributed by atoms with Gasteiger partial charge in [0, 0.05) is 11.5 Å². The van der Waals surface area contributed by atoms with Gasteiger partial charge in [-0.2, -0.15) is 0 Å². The van der Waals surface area contributed by atoms with Crippen molar-refractivity contribution in [3.8, 4) is 0 Å². The Bertz CT molecular complexity index is 596. The molecule has 0 aliphatic carbocycles. The van der Waals surface area contributed by atoms with Gasteiger partial charge in [0.2, 0.25) is 0 Å². The maximum Gasteiger partial charge on any atom is 0.315 e. The van der Waals surface area contributed by atoms with Crippen LogP contribution in [-0.4, -0.2) is 21.0 Å². The Morgan fingerprint density at radius 2 is 2.06 bits per heavy atom. The van der Waals surface area contributed by atoms with Crippen LogP contribution in [0.2, 0.25) is 0 Å². The number of rotatable bonds is 2. The highest BCUT2D eigenvalue weighted by molar-refractivity contribution is 5.89. The second-order valence-electron chi connectivity index (χ2n) is 4.31. The number of hydrogen-bond donors (Lipinski definition) is 1. The van der Waals surface area contributed by atoms with E-state index in [4.69, 9.17) is 0 Å². The summed E-state index contributed by atoms with van der Waals surface area (Å²) in [4.78, 5) is 19.1. The van der Waals surface area contributed by atoms with Crippen LogP contribution in [0.4, 0.5) is 4.39 Å². The molecule has 1 heterocycles. The molecule has 1 aromatic carbocycles. The summed E-state index contributed by atoms with van der Waals surface area (Å²) in [6, 6.07) is 4.04. The van der Waals surface area contributed by atoms with E-state index in [9.17, 15) is 14.3 Å². The van der Waals surface area contributed by atoms with Crippen molar-refractivity contribution in [3.05, 3.63) is 36.0 Å². The number of carboxylic acid groups (broad SMARTS) is 1. The molecule has 5 heteroatoms. The predicted molar refractivity (Wildman–Crippen MR) is 60.2 cm³/mol. The normalized spacial score (nSPS) is 11.7. The summed E-state index contributed by atoms with van der Waals surface area (Å²) in [5, 5.41) is 9.73. The predicted octanol–water partition coefficient (Wildman–Crippen LogP) is 2.13. The second kappa shape index (κ2) is 3.76. The fourth-order valence-corrected chi connectivity index (χ4v) is 1.63. The van der Waals surface area contributed by atoms with Gasteiger partial charge in [0.1, 0.15) is 17.6 Å². The van der Waals surface area contributed by atoms with Gasteiger partial charge >= 0.3 is 5.97 Å². The summed E-state index contributed by atoms with van der Waals surface area (Å²) in [6.45, 7) is 3.11. The molecule has 17 heavy (non-hydrogen) atoms. The van der Waals surface area contributed by atoms with E-state index in [1.165, 1.54) is 24.5 Å². The number of carboxylic acids is 1. The molecule has 0 atom stereocenters. The smallest absolute Gasteiger partial charge is 0.315 e. The standard InChI is InChI=1S/C12H11FN2O2/c1-12(2,11(16)17)10-8-4-3-7(13)5-9(8)14-6-15-10/h3-6H,1-2H3,(H,16,17). The molecule has 0 radical (unpaired) electrons. The Kier molecular flexibility index (Phi) is 2.53. The molecular formula is C12H11FN2O2. The van der Waals surface area contributed by atoms with Gasteiger partial charge in [0.25, 0.3) is 0 Å². The topological polar surface area (TPSA) is 63.1 Å². The molecule has 0 amide bonds. The molecule has 2 rings (SSSR count). The van der Waals surface area contributed by atoms with Gasteiger partial charge in [-0.05, 0) is 26.0 Å². The van der Waals surface area contributed by atoms with E-state index in [0.29, 0.717) is 16.6 Å². The van der Waals surface area contributed by atoms with Gasteiger partial charge < -0.3 is 5.11 Å². The number of aromatic nitrogens is 2. The number of aliphatic carboxylic acids is 1. The minimum atomic E-state index is -1.14. The van der Waals surface area contributed by atoms with Crippen LogP contribution in [0, 0.1) is 5.82 Å². The largest absolute Gasteiger partial charge is 0.481 e. The third-order valence-electron chi connectivity index (χ3n) is 2.73. The van der Waals surface area contributed by atoms with E-state index in [1.54, 1.807) is 13.8 Å². The van der Waals surface area contributed by atoms with Crippen LogP contribution in [0.15, 0.2) is 24.5 Å². The van der Waals surface area contributed by atoms with E-state index in [0.717, 1.165) is 0 Å². The van der Waals surface area contributed by atoms with Crippen LogP contribution >= 0.6 is 0 Å². The van der Waals surface area contributed by atoms with Crippen molar-refractivity contribution < 1.29 is 14.3 Å². The average Bonchev–Trinajstić information content (AvgIpc) is 2.27. The molecule has 0 saturated heterocycles. The summed E-state index contributed by atoms with van der Waals surface area (Å²) in [5.41, 5.74) is -0.349. The van der Waals surface area contributed by atoms with Gasteiger partial charge in [-0.3, -0.25) is 4.79 Å². The van der Waals surface area contributed by atoms with Crippen molar-refractivity contribution in [2.45, 2.75) is 19.3 Å². The van der Waals surface area contributed by atoms with Gasteiger partial charge in [0.15, 0.2) is 0 Å². The zero-order valence-electron chi connectivity index (χ0n) is 9.44.